The number of hydrogen-bond donors (Lipinski definition) is 0. The first-order valence-corrected chi connectivity index (χ1v) is 19.1. The molecule has 0 aliphatic heterocycles. The van der Waals surface area contributed by atoms with Gasteiger partial charge in [0.05, 0.1) is 22.4 Å². The molecule has 1 atom stereocenters. The normalized spacial score (nSPS) is 16.0. The van der Waals surface area contributed by atoms with Gasteiger partial charge < -0.3 is 9.47 Å². The van der Waals surface area contributed by atoms with Gasteiger partial charge in [0.15, 0.2) is 0 Å². The first-order valence-electron chi connectivity index (χ1n) is 19.1. The lowest BCUT2D eigenvalue weighted by atomic mass is 9.70. The van der Waals surface area contributed by atoms with Gasteiger partial charge in [0.2, 0.25) is 0 Å². The van der Waals surface area contributed by atoms with E-state index in [1.54, 1.807) is 5.56 Å². The fourth-order valence-corrected chi connectivity index (χ4v) is 9.46. The van der Waals surface area contributed by atoms with Crippen LogP contribution in [0.1, 0.15) is 55.6 Å². The smallest absolute Gasteiger partial charge is 0.0542 e. The molecule has 10 rings (SSSR count). The molecule has 2 heteroatoms. The second-order valence-corrected chi connectivity index (χ2v) is 14.7. The van der Waals surface area contributed by atoms with Crippen LogP contribution in [-0.2, 0) is 0 Å². The van der Waals surface area contributed by atoms with Crippen molar-refractivity contribution in [3.63, 3.8) is 0 Å². The molecule has 52 heavy (non-hydrogen) atoms. The topological polar surface area (TPSA) is 8.17 Å². The van der Waals surface area contributed by atoms with E-state index in [-0.39, 0.29) is 0 Å². The minimum atomic E-state index is 0.552. The minimum Gasteiger partial charge on any atom is -0.309 e. The number of anilines is 3. The average molecular weight is 671 g/mol. The number of para-hydroxylation sites is 3. The molecule has 1 fully saturated rings. The Morgan fingerprint density at radius 2 is 1.21 bits per heavy atom. The summed E-state index contributed by atoms with van der Waals surface area (Å²) < 4.78 is 2.40. The number of hydrogen-bond acceptors (Lipinski definition) is 1. The van der Waals surface area contributed by atoms with Crippen molar-refractivity contribution >= 4 is 55.7 Å². The average Bonchev–Trinajstić information content (AvgIpc) is 3.55. The highest BCUT2D eigenvalue weighted by Crippen LogP contribution is 2.50. The fraction of sp³-hybridized carbons (Fsp3) is 0.160. The SMILES string of the molecule is C1=Cc2cccc(-c3ccccc3N(c3ccc4c(c3)c3ccccc3n4-c3ccccc3)c3cccc4ccccc34)c2C(C2CCCCC2)C1. The van der Waals surface area contributed by atoms with Gasteiger partial charge in [-0.15, -0.1) is 0 Å². The van der Waals surface area contributed by atoms with Crippen LogP contribution < -0.4 is 4.90 Å². The molecule has 1 unspecified atom stereocenters. The van der Waals surface area contributed by atoms with E-state index in [2.05, 4.69) is 179 Å². The van der Waals surface area contributed by atoms with Crippen molar-refractivity contribution in [1.29, 1.82) is 0 Å². The molecule has 252 valence electrons. The highest BCUT2D eigenvalue weighted by atomic mass is 15.1. The van der Waals surface area contributed by atoms with E-state index in [1.165, 1.54) is 98.4 Å². The molecule has 0 amide bonds. The van der Waals surface area contributed by atoms with Gasteiger partial charge in [-0.2, -0.15) is 0 Å². The molecular weight excluding hydrogens is 629 g/mol. The summed E-state index contributed by atoms with van der Waals surface area (Å²) in [5.74, 6) is 1.29. The Morgan fingerprint density at radius 1 is 0.519 bits per heavy atom. The largest absolute Gasteiger partial charge is 0.309 e. The number of nitrogens with zero attached hydrogens (tertiary/aromatic N) is 2. The summed E-state index contributed by atoms with van der Waals surface area (Å²) in [4.78, 5) is 2.53. The van der Waals surface area contributed by atoms with E-state index in [4.69, 9.17) is 0 Å². The maximum Gasteiger partial charge on any atom is 0.0542 e. The van der Waals surface area contributed by atoms with Crippen LogP contribution in [0.25, 0.3) is 55.5 Å². The van der Waals surface area contributed by atoms with Gasteiger partial charge in [-0.1, -0.05) is 141 Å². The lowest BCUT2D eigenvalue weighted by Crippen LogP contribution is -2.19. The van der Waals surface area contributed by atoms with E-state index >= 15 is 0 Å². The zero-order valence-corrected chi connectivity index (χ0v) is 29.5. The van der Waals surface area contributed by atoms with Crippen molar-refractivity contribution in [2.45, 2.75) is 44.4 Å². The number of aromatic nitrogens is 1. The molecule has 8 aromatic rings. The van der Waals surface area contributed by atoms with Crippen LogP contribution in [0.2, 0.25) is 0 Å². The van der Waals surface area contributed by atoms with Crippen molar-refractivity contribution in [3.05, 3.63) is 175 Å². The number of allylic oxidation sites excluding steroid dienone is 1. The lowest BCUT2D eigenvalue weighted by molar-refractivity contribution is 0.304. The van der Waals surface area contributed by atoms with E-state index in [0.29, 0.717) is 5.92 Å². The molecule has 0 bridgehead atoms. The number of fused-ring (bicyclic) bond motifs is 5. The molecule has 7 aromatic carbocycles. The standard InChI is InChI=1S/C50H42N2/c1-3-16-36(17-4-1)41-27-13-20-37-21-14-28-44(50(37)41)42-25-9-11-29-47(42)52(46-31-15-19-35-18-7-8-24-40(35)46)39-32-33-49-45(34-39)43-26-10-12-30-48(43)51(49)38-22-5-2-6-23-38/h2,5-15,18-26,28-34,36,41H,1,3-4,16-17,27H2. The van der Waals surface area contributed by atoms with E-state index in [9.17, 15) is 0 Å². The highest BCUT2D eigenvalue weighted by molar-refractivity contribution is 6.11. The Balaban J connectivity index is 1.22. The molecule has 0 saturated heterocycles. The second-order valence-electron chi connectivity index (χ2n) is 14.7. The summed E-state index contributed by atoms with van der Waals surface area (Å²) in [6.45, 7) is 0. The number of benzene rings is 7. The van der Waals surface area contributed by atoms with Crippen molar-refractivity contribution in [1.82, 2.24) is 4.57 Å². The van der Waals surface area contributed by atoms with Gasteiger partial charge in [0.1, 0.15) is 0 Å². The summed E-state index contributed by atoms with van der Waals surface area (Å²) in [5, 5.41) is 4.99. The predicted octanol–water partition coefficient (Wildman–Crippen LogP) is 14.2. The quantitative estimate of drug-likeness (QED) is 0.171. The zero-order chi connectivity index (χ0) is 34.4. The van der Waals surface area contributed by atoms with Crippen LogP contribution in [0, 0.1) is 5.92 Å². The third-order valence-electron chi connectivity index (χ3n) is 11.8. The molecular formula is C50H42N2. The van der Waals surface area contributed by atoms with Gasteiger partial charge in [0, 0.05) is 33.1 Å². The van der Waals surface area contributed by atoms with Crippen LogP contribution in [-0.4, -0.2) is 4.57 Å². The molecule has 2 aliphatic carbocycles. The van der Waals surface area contributed by atoms with Crippen molar-refractivity contribution in [2.75, 3.05) is 4.90 Å². The second kappa shape index (κ2) is 13.0. The predicted molar refractivity (Wildman–Crippen MR) is 221 cm³/mol. The molecule has 2 nitrogen and oxygen atoms in total. The van der Waals surface area contributed by atoms with Gasteiger partial charge in [-0.05, 0) is 102 Å². The van der Waals surface area contributed by atoms with Gasteiger partial charge in [-0.25, -0.2) is 0 Å². The van der Waals surface area contributed by atoms with Crippen LogP contribution in [0.3, 0.4) is 0 Å². The molecule has 0 radical (unpaired) electrons. The molecule has 0 spiro atoms. The maximum atomic E-state index is 2.53. The molecule has 2 aliphatic rings. The van der Waals surface area contributed by atoms with Crippen molar-refractivity contribution in [3.8, 4) is 16.8 Å². The lowest BCUT2D eigenvalue weighted by Gasteiger charge is -2.35. The Bertz CT molecular complexity index is 2600. The first kappa shape index (κ1) is 30.9. The molecule has 1 heterocycles. The van der Waals surface area contributed by atoms with Crippen molar-refractivity contribution < 1.29 is 0 Å². The van der Waals surface area contributed by atoms with Crippen LogP contribution >= 0.6 is 0 Å². The van der Waals surface area contributed by atoms with E-state index < -0.39 is 0 Å². The number of rotatable bonds is 6. The van der Waals surface area contributed by atoms with Gasteiger partial charge in [0.25, 0.3) is 0 Å². The Kier molecular flexibility index (Phi) is 7.75. The Morgan fingerprint density at radius 3 is 2.12 bits per heavy atom. The summed E-state index contributed by atoms with van der Waals surface area (Å²) >= 11 is 0. The third-order valence-corrected chi connectivity index (χ3v) is 11.8. The van der Waals surface area contributed by atoms with Gasteiger partial charge in [-0.3, -0.25) is 0 Å². The first-order chi connectivity index (χ1) is 25.8. The van der Waals surface area contributed by atoms with Gasteiger partial charge >= 0.3 is 0 Å². The minimum absolute atomic E-state index is 0.552. The summed E-state index contributed by atoms with van der Waals surface area (Å²) in [6, 6.07) is 58.3. The Labute approximate surface area is 306 Å². The summed E-state index contributed by atoms with van der Waals surface area (Å²) in [5.41, 5.74) is 12.7. The van der Waals surface area contributed by atoms with Crippen LogP contribution in [0.5, 0.6) is 0 Å². The maximum absolute atomic E-state index is 2.53. The monoisotopic (exact) mass is 670 g/mol. The van der Waals surface area contributed by atoms with Crippen LogP contribution in [0.15, 0.2) is 164 Å². The highest BCUT2D eigenvalue weighted by Gasteiger charge is 2.31. The molecule has 0 N–H and O–H groups in total. The fourth-order valence-electron chi connectivity index (χ4n) is 9.46. The summed E-state index contributed by atoms with van der Waals surface area (Å²) in [6.07, 6.45) is 12.7. The summed E-state index contributed by atoms with van der Waals surface area (Å²) in [7, 11) is 0. The van der Waals surface area contributed by atoms with E-state index in [1.807, 2.05) is 0 Å². The molecule has 1 aromatic heterocycles. The third kappa shape index (κ3) is 5.16. The molecule has 1 saturated carbocycles. The zero-order valence-electron chi connectivity index (χ0n) is 29.5. The van der Waals surface area contributed by atoms with Crippen molar-refractivity contribution in [2.24, 2.45) is 5.92 Å². The van der Waals surface area contributed by atoms with Crippen LogP contribution in [0.4, 0.5) is 17.1 Å². The van der Waals surface area contributed by atoms with E-state index in [0.717, 1.165) is 18.0 Å². The Hall–Kier alpha value is -5.86.